The number of nitrogens with zero attached hydrogens (tertiary/aromatic N) is 5. The van der Waals surface area contributed by atoms with Crippen LogP contribution >= 0.6 is 0 Å². The number of hydrogen-bond acceptors (Lipinski definition) is 4. The molecule has 2 heterocycles. The molecule has 1 atom stereocenters. The summed E-state index contributed by atoms with van der Waals surface area (Å²) in [6, 6.07) is 10.9. The van der Waals surface area contributed by atoms with Gasteiger partial charge in [0.25, 0.3) is 0 Å². The van der Waals surface area contributed by atoms with Crippen molar-refractivity contribution in [1.29, 1.82) is 0 Å². The number of aliphatic imine (C=N–C) groups is 1. The number of rotatable bonds is 7. The number of piperazine rings is 1. The van der Waals surface area contributed by atoms with Gasteiger partial charge in [-0.1, -0.05) is 44.7 Å². The fourth-order valence-corrected chi connectivity index (χ4v) is 5.14. The number of amides is 2. The molecule has 2 aromatic carbocycles. The number of anilines is 2. The topological polar surface area (TPSA) is 69.1 Å². The molecule has 41 heavy (non-hydrogen) atoms. The summed E-state index contributed by atoms with van der Waals surface area (Å²) in [7, 11) is 1.52. The van der Waals surface area contributed by atoms with E-state index in [4.69, 9.17) is 0 Å². The van der Waals surface area contributed by atoms with E-state index in [0.29, 0.717) is 37.4 Å². The molecule has 7 nitrogen and oxygen atoms in total. The molecule has 0 saturated carbocycles. The monoisotopic (exact) mass is 563 g/mol. The lowest BCUT2D eigenvalue weighted by Crippen LogP contribution is -2.55. The number of hydrogen-bond donors (Lipinski definition) is 0. The molecule has 1 aromatic heterocycles. The van der Waals surface area contributed by atoms with E-state index in [0.717, 1.165) is 11.0 Å². The van der Waals surface area contributed by atoms with Gasteiger partial charge in [-0.25, -0.2) is 18.2 Å². The van der Waals surface area contributed by atoms with Crippen LogP contribution in [0.25, 0.3) is 11.3 Å². The van der Waals surface area contributed by atoms with Gasteiger partial charge in [-0.3, -0.25) is 19.5 Å². The fraction of sp³-hybridized carbons (Fsp3) is 0.290. The summed E-state index contributed by atoms with van der Waals surface area (Å²) in [6.45, 7) is 10.2. The average molecular weight is 564 g/mol. The van der Waals surface area contributed by atoms with E-state index in [1.807, 2.05) is 25.7 Å². The van der Waals surface area contributed by atoms with Crippen LogP contribution in [0.1, 0.15) is 37.8 Å². The average Bonchev–Trinajstić information content (AvgIpc) is 2.96. The molecule has 1 unspecified atom stereocenters. The van der Waals surface area contributed by atoms with Crippen molar-refractivity contribution in [2.75, 3.05) is 31.6 Å². The molecule has 1 aliphatic heterocycles. The zero-order chi connectivity index (χ0) is 29.8. The summed E-state index contributed by atoms with van der Waals surface area (Å²) >= 11 is 0. The van der Waals surface area contributed by atoms with Crippen molar-refractivity contribution in [3.05, 3.63) is 89.8 Å². The molecular formula is C31H32F3N5O2. The number of aromatic nitrogens is 1. The van der Waals surface area contributed by atoms with Crippen molar-refractivity contribution < 1.29 is 22.8 Å². The first-order valence-corrected chi connectivity index (χ1v) is 13.3. The lowest BCUT2D eigenvalue weighted by Gasteiger charge is -2.41. The van der Waals surface area contributed by atoms with Gasteiger partial charge in [0.05, 0.1) is 11.3 Å². The zero-order valence-corrected chi connectivity index (χ0v) is 23.4. The lowest BCUT2D eigenvalue weighted by atomic mass is 9.99. The van der Waals surface area contributed by atoms with E-state index in [1.54, 1.807) is 23.1 Å². The Morgan fingerprint density at radius 3 is 2.41 bits per heavy atom. The summed E-state index contributed by atoms with van der Waals surface area (Å²) in [5, 5.41) is 0. The highest BCUT2D eigenvalue weighted by atomic mass is 19.1. The summed E-state index contributed by atoms with van der Waals surface area (Å²) in [4.78, 5) is 38.4. The molecule has 214 valence electrons. The van der Waals surface area contributed by atoms with Gasteiger partial charge in [-0.2, -0.15) is 0 Å². The van der Waals surface area contributed by atoms with Crippen LogP contribution < -0.4 is 4.90 Å². The SMILES string of the molecule is C=CC(=O)N1CCN(C(=NC)c2cc(F)c(-c3ccccc3F)nc2N(C=O)c2c(F)cccc2C(C)C)C(C)C1. The van der Waals surface area contributed by atoms with E-state index in [1.165, 1.54) is 37.4 Å². The van der Waals surface area contributed by atoms with Gasteiger partial charge >= 0.3 is 0 Å². The highest BCUT2D eigenvalue weighted by Crippen LogP contribution is 2.38. The van der Waals surface area contributed by atoms with Gasteiger partial charge in [0.1, 0.15) is 29.0 Å². The van der Waals surface area contributed by atoms with Gasteiger partial charge in [0.2, 0.25) is 12.3 Å². The Hall–Kier alpha value is -4.47. The molecule has 1 aliphatic rings. The second-order valence-electron chi connectivity index (χ2n) is 10.1. The Morgan fingerprint density at radius 2 is 1.80 bits per heavy atom. The Bertz CT molecular complexity index is 1510. The molecule has 0 N–H and O–H groups in total. The minimum Gasteiger partial charge on any atom is -0.350 e. The van der Waals surface area contributed by atoms with Crippen molar-refractivity contribution in [2.24, 2.45) is 4.99 Å². The summed E-state index contributed by atoms with van der Waals surface area (Å²) in [6.07, 6.45) is 1.66. The van der Waals surface area contributed by atoms with Crippen molar-refractivity contribution in [1.82, 2.24) is 14.8 Å². The minimum atomic E-state index is -0.841. The molecule has 0 aliphatic carbocycles. The largest absolute Gasteiger partial charge is 0.350 e. The van der Waals surface area contributed by atoms with E-state index < -0.39 is 17.5 Å². The number of halogens is 3. The second kappa shape index (κ2) is 12.4. The normalized spacial score (nSPS) is 15.7. The molecular weight excluding hydrogens is 531 g/mol. The maximum Gasteiger partial charge on any atom is 0.246 e. The number of para-hydroxylation sites is 1. The summed E-state index contributed by atoms with van der Waals surface area (Å²) < 4.78 is 46.0. The Balaban J connectivity index is 1.95. The third kappa shape index (κ3) is 5.73. The minimum absolute atomic E-state index is 0.0396. The zero-order valence-electron chi connectivity index (χ0n) is 23.4. The van der Waals surface area contributed by atoms with Crippen LogP contribution in [0.5, 0.6) is 0 Å². The molecule has 0 radical (unpaired) electrons. The van der Waals surface area contributed by atoms with Gasteiger partial charge in [0.15, 0.2) is 5.82 Å². The molecule has 3 aromatic rings. The summed E-state index contributed by atoms with van der Waals surface area (Å²) in [5.41, 5.74) is 0.163. The van der Waals surface area contributed by atoms with Crippen molar-refractivity contribution in [2.45, 2.75) is 32.7 Å². The fourth-order valence-electron chi connectivity index (χ4n) is 5.14. The highest BCUT2D eigenvalue weighted by Gasteiger charge is 2.33. The van der Waals surface area contributed by atoms with E-state index in [9.17, 15) is 14.0 Å². The molecule has 4 rings (SSSR count). The lowest BCUT2D eigenvalue weighted by molar-refractivity contribution is -0.128. The number of benzene rings is 2. The molecule has 1 fully saturated rings. The first-order valence-electron chi connectivity index (χ1n) is 13.3. The van der Waals surface area contributed by atoms with Gasteiger partial charge in [-0.05, 0) is 48.7 Å². The standard InChI is InChI=1S/C31H32F3N5O2/c1-6-27(41)37-14-15-38(20(4)17-37)30(35-5)23-16-26(34)28(22-10-7-8-12-24(22)32)36-31(23)39(18-40)29-21(19(2)3)11-9-13-25(29)33/h6-13,16,18-20H,1,14-15,17H2,2-5H3. The number of amidine groups is 1. The Labute approximate surface area is 237 Å². The highest BCUT2D eigenvalue weighted by molar-refractivity contribution is 6.06. The maximum absolute atomic E-state index is 15.8. The molecule has 1 saturated heterocycles. The van der Waals surface area contributed by atoms with Crippen molar-refractivity contribution >= 4 is 29.7 Å². The van der Waals surface area contributed by atoms with Crippen LogP contribution in [-0.2, 0) is 9.59 Å². The predicted molar refractivity (Wildman–Crippen MR) is 154 cm³/mol. The first kappa shape index (κ1) is 29.5. The van der Waals surface area contributed by atoms with Gasteiger partial charge in [-0.15, -0.1) is 0 Å². The van der Waals surface area contributed by atoms with Gasteiger partial charge < -0.3 is 9.80 Å². The molecule has 2 amide bonds. The second-order valence-corrected chi connectivity index (χ2v) is 10.1. The number of carbonyl (C=O) groups excluding carboxylic acids is 2. The molecule has 0 bridgehead atoms. The van der Waals surface area contributed by atoms with Crippen molar-refractivity contribution in [3.8, 4) is 11.3 Å². The number of carbonyl (C=O) groups is 2. The Morgan fingerprint density at radius 1 is 1.10 bits per heavy atom. The number of pyridine rings is 1. The molecule has 0 spiro atoms. The molecule has 10 heteroatoms. The third-order valence-electron chi connectivity index (χ3n) is 7.14. The van der Waals surface area contributed by atoms with E-state index in [2.05, 4.69) is 16.6 Å². The Kier molecular flexibility index (Phi) is 8.90. The van der Waals surface area contributed by atoms with Crippen LogP contribution in [0.4, 0.5) is 24.7 Å². The smallest absolute Gasteiger partial charge is 0.246 e. The quantitative estimate of drug-likeness (QED) is 0.161. The van der Waals surface area contributed by atoms with Gasteiger partial charge in [0, 0.05) is 38.3 Å². The van der Waals surface area contributed by atoms with Crippen LogP contribution in [0.15, 0.2) is 66.2 Å². The third-order valence-corrected chi connectivity index (χ3v) is 7.14. The summed E-state index contributed by atoms with van der Waals surface area (Å²) in [5.74, 6) is -2.41. The maximum atomic E-state index is 15.8. The van der Waals surface area contributed by atoms with Crippen LogP contribution in [0.3, 0.4) is 0 Å². The van der Waals surface area contributed by atoms with Crippen LogP contribution in [-0.4, -0.2) is 65.7 Å². The van der Waals surface area contributed by atoms with Crippen molar-refractivity contribution in [3.63, 3.8) is 0 Å². The first-order chi connectivity index (χ1) is 19.6. The predicted octanol–water partition coefficient (Wildman–Crippen LogP) is 5.68. The van der Waals surface area contributed by atoms with E-state index in [-0.39, 0.29) is 46.2 Å². The van der Waals surface area contributed by atoms with Crippen LogP contribution in [0.2, 0.25) is 0 Å². The van der Waals surface area contributed by atoms with Crippen LogP contribution in [0, 0.1) is 17.5 Å². The van der Waals surface area contributed by atoms with E-state index >= 15 is 8.78 Å².